The molecule has 0 unspecified atom stereocenters. The van der Waals surface area contributed by atoms with Crippen LogP contribution in [0.25, 0.3) is 10.9 Å². The minimum Gasteiger partial charge on any atom is -0.487 e. The number of carbonyl (C=O) groups is 1. The largest absolute Gasteiger partial charge is 0.487 e. The fraction of sp³-hybridized carbons (Fsp3) is 0.393. The molecular formula is C28H31Cl2FN4O3. The van der Waals surface area contributed by atoms with Crippen molar-refractivity contribution in [3.05, 3.63) is 59.1 Å². The number of piperidine rings is 1. The van der Waals surface area contributed by atoms with Crippen LogP contribution in [-0.4, -0.2) is 46.1 Å². The van der Waals surface area contributed by atoms with Gasteiger partial charge in [-0.05, 0) is 43.5 Å². The van der Waals surface area contributed by atoms with Gasteiger partial charge >= 0.3 is 0 Å². The van der Waals surface area contributed by atoms with E-state index in [-0.39, 0.29) is 33.8 Å². The van der Waals surface area contributed by atoms with Crippen LogP contribution in [0.5, 0.6) is 11.5 Å². The monoisotopic (exact) mass is 560 g/mol. The molecule has 2 aromatic carbocycles. The van der Waals surface area contributed by atoms with Crippen LogP contribution < -0.4 is 14.8 Å². The molecule has 10 heteroatoms. The van der Waals surface area contributed by atoms with Crippen molar-refractivity contribution < 1.29 is 18.7 Å². The van der Waals surface area contributed by atoms with Crippen molar-refractivity contribution in [2.24, 2.45) is 5.92 Å². The van der Waals surface area contributed by atoms with E-state index in [0.717, 1.165) is 6.42 Å². The van der Waals surface area contributed by atoms with Gasteiger partial charge in [-0.25, -0.2) is 14.4 Å². The molecule has 1 atom stereocenters. The zero-order chi connectivity index (χ0) is 27.4. The molecule has 0 saturated carbocycles. The van der Waals surface area contributed by atoms with E-state index in [9.17, 15) is 9.18 Å². The van der Waals surface area contributed by atoms with E-state index in [4.69, 9.17) is 32.7 Å². The topological polar surface area (TPSA) is 76.6 Å². The zero-order valence-electron chi connectivity index (χ0n) is 21.6. The Hall–Kier alpha value is -3.10. The molecular weight excluding hydrogens is 530 g/mol. The van der Waals surface area contributed by atoms with Gasteiger partial charge in [-0.15, -0.1) is 0 Å². The Kier molecular flexibility index (Phi) is 8.95. The number of nitrogens with one attached hydrogen (secondary N) is 1. The third kappa shape index (κ3) is 6.48. The van der Waals surface area contributed by atoms with Crippen molar-refractivity contribution >= 4 is 51.5 Å². The van der Waals surface area contributed by atoms with Crippen molar-refractivity contribution in [1.29, 1.82) is 0 Å². The lowest BCUT2D eigenvalue weighted by Crippen LogP contribution is -2.41. The number of ether oxygens (including phenoxy) is 2. The summed E-state index contributed by atoms with van der Waals surface area (Å²) in [5.74, 6) is 1.19. The predicted octanol–water partition coefficient (Wildman–Crippen LogP) is 7.19. The Morgan fingerprint density at radius 3 is 2.63 bits per heavy atom. The minimum atomic E-state index is -0.675. The first-order valence-electron chi connectivity index (χ1n) is 12.6. The summed E-state index contributed by atoms with van der Waals surface area (Å²) in [7, 11) is 0. The maximum atomic E-state index is 14.8. The molecule has 1 fully saturated rings. The molecule has 4 rings (SSSR count). The van der Waals surface area contributed by atoms with E-state index in [0.29, 0.717) is 60.1 Å². The maximum absolute atomic E-state index is 14.8. The lowest BCUT2D eigenvalue weighted by molar-refractivity contribution is -0.127. The third-order valence-corrected chi connectivity index (χ3v) is 7.12. The fourth-order valence-corrected chi connectivity index (χ4v) is 4.84. The number of amides is 1. The molecule has 0 bridgehead atoms. The van der Waals surface area contributed by atoms with Crippen LogP contribution in [0.15, 0.2) is 43.2 Å². The Labute approximate surface area is 231 Å². The highest BCUT2D eigenvalue weighted by atomic mass is 35.5. The first-order valence-corrected chi connectivity index (χ1v) is 13.4. The summed E-state index contributed by atoms with van der Waals surface area (Å²) in [6, 6.07) is 6.64. The molecule has 1 saturated heterocycles. The summed E-state index contributed by atoms with van der Waals surface area (Å²) in [6.07, 6.45) is 4.77. The Balaban J connectivity index is 1.67. The first-order chi connectivity index (χ1) is 18.2. The number of likely N-dealkylation sites (tertiary alicyclic amines) is 1. The number of nitrogens with zero attached hydrogens (tertiary/aromatic N) is 3. The summed E-state index contributed by atoms with van der Waals surface area (Å²) < 4.78 is 27.5. The zero-order valence-corrected chi connectivity index (χ0v) is 23.2. The highest BCUT2D eigenvalue weighted by Gasteiger charge is 2.25. The second kappa shape index (κ2) is 12.2. The number of rotatable bonds is 9. The molecule has 0 aliphatic carbocycles. The summed E-state index contributed by atoms with van der Waals surface area (Å²) in [5, 5.41) is 3.58. The fourth-order valence-electron chi connectivity index (χ4n) is 4.53. The second-order valence-corrected chi connectivity index (χ2v) is 10.6. The summed E-state index contributed by atoms with van der Waals surface area (Å²) in [5.41, 5.74) is 0.737. The summed E-state index contributed by atoms with van der Waals surface area (Å²) in [4.78, 5) is 22.5. The van der Waals surface area contributed by atoms with Crippen LogP contribution in [-0.2, 0) is 4.79 Å². The second-order valence-electron chi connectivity index (χ2n) is 9.79. The summed E-state index contributed by atoms with van der Waals surface area (Å²) in [6.45, 7) is 11.0. The molecule has 1 N–H and O–H groups in total. The van der Waals surface area contributed by atoms with Gasteiger partial charge in [0.2, 0.25) is 5.91 Å². The van der Waals surface area contributed by atoms with E-state index in [1.165, 1.54) is 24.5 Å². The normalized spacial score (nSPS) is 15.0. The molecule has 0 radical (unpaired) electrons. The van der Waals surface area contributed by atoms with Crippen LogP contribution >= 0.6 is 23.2 Å². The maximum Gasteiger partial charge on any atom is 0.245 e. The summed E-state index contributed by atoms with van der Waals surface area (Å²) >= 11 is 11.9. The van der Waals surface area contributed by atoms with Gasteiger partial charge in [0.05, 0.1) is 27.4 Å². The third-order valence-electron chi connectivity index (χ3n) is 6.34. The average molecular weight is 561 g/mol. The van der Waals surface area contributed by atoms with E-state index in [2.05, 4.69) is 35.7 Å². The number of anilines is 2. The van der Waals surface area contributed by atoms with Gasteiger partial charge in [0.1, 0.15) is 18.2 Å². The van der Waals surface area contributed by atoms with Gasteiger partial charge in [0, 0.05) is 37.4 Å². The van der Waals surface area contributed by atoms with Crippen molar-refractivity contribution in [2.75, 3.05) is 18.4 Å². The van der Waals surface area contributed by atoms with Crippen molar-refractivity contribution in [1.82, 2.24) is 14.9 Å². The SMILES string of the molecule is C=CC(=O)N1CCC(Oc2cc3c(Nc4ccc(Cl)c(Cl)c4F)ncnc3cc2O[C@@H](C)CC(C)C)CC1. The van der Waals surface area contributed by atoms with Gasteiger partial charge in [0.15, 0.2) is 17.3 Å². The van der Waals surface area contributed by atoms with Crippen LogP contribution in [0, 0.1) is 11.7 Å². The number of aromatic nitrogens is 2. The first kappa shape index (κ1) is 27.9. The van der Waals surface area contributed by atoms with Crippen LogP contribution in [0.1, 0.15) is 40.0 Å². The quantitative estimate of drug-likeness (QED) is 0.220. The Bertz CT molecular complexity index is 1330. The molecule has 7 nitrogen and oxygen atoms in total. The Morgan fingerprint density at radius 1 is 1.21 bits per heavy atom. The van der Waals surface area contributed by atoms with E-state index in [1.807, 2.05) is 19.1 Å². The molecule has 3 aromatic rings. The van der Waals surface area contributed by atoms with E-state index >= 15 is 0 Å². The average Bonchev–Trinajstić information content (AvgIpc) is 2.89. The molecule has 1 amide bonds. The number of fused-ring (bicyclic) bond motifs is 1. The van der Waals surface area contributed by atoms with E-state index in [1.54, 1.807) is 4.90 Å². The number of hydrogen-bond acceptors (Lipinski definition) is 6. The number of benzene rings is 2. The molecule has 1 aromatic heterocycles. The molecule has 0 spiro atoms. The molecule has 1 aliphatic heterocycles. The standard InChI is InChI=1S/C28H31Cl2FN4O3/c1-5-25(36)35-10-8-18(9-11-35)38-23-13-19-22(14-24(23)37-17(4)12-16(2)3)32-15-33-28(19)34-21-7-6-20(29)26(30)27(21)31/h5-7,13-18H,1,8-12H2,2-4H3,(H,32,33,34)/t17-/m0/s1. The van der Waals surface area contributed by atoms with Gasteiger partial charge in [0.25, 0.3) is 0 Å². The lowest BCUT2D eigenvalue weighted by Gasteiger charge is -2.32. The number of hydrogen-bond donors (Lipinski definition) is 1. The predicted molar refractivity (Wildman–Crippen MR) is 149 cm³/mol. The van der Waals surface area contributed by atoms with Crippen LogP contribution in [0.3, 0.4) is 0 Å². The lowest BCUT2D eigenvalue weighted by atomic mass is 10.1. The minimum absolute atomic E-state index is 0.0494. The van der Waals surface area contributed by atoms with Crippen molar-refractivity contribution in [3.8, 4) is 11.5 Å². The highest BCUT2D eigenvalue weighted by molar-refractivity contribution is 6.42. The number of halogens is 3. The smallest absolute Gasteiger partial charge is 0.245 e. The van der Waals surface area contributed by atoms with Gasteiger partial charge in [-0.1, -0.05) is 43.6 Å². The van der Waals surface area contributed by atoms with Crippen molar-refractivity contribution in [3.63, 3.8) is 0 Å². The highest BCUT2D eigenvalue weighted by Crippen LogP contribution is 2.38. The van der Waals surface area contributed by atoms with Gasteiger partial charge in [-0.2, -0.15) is 0 Å². The molecule has 2 heterocycles. The van der Waals surface area contributed by atoms with Crippen molar-refractivity contribution in [2.45, 2.75) is 52.2 Å². The number of carbonyl (C=O) groups excluding carboxylic acids is 1. The van der Waals surface area contributed by atoms with Gasteiger partial charge < -0.3 is 19.7 Å². The van der Waals surface area contributed by atoms with Crippen LogP contribution in [0.2, 0.25) is 10.0 Å². The van der Waals surface area contributed by atoms with E-state index < -0.39 is 5.82 Å². The van der Waals surface area contributed by atoms with Gasteiger partial charge in [-0.3, -0.25) is 4.79 Å². The molecule has 38 heavy (non-hydrogen) atoms. The Morgan fingerprint density at radius 2 is 1.95 bits per heavy atom. The molecule has 1 aliphatic rings. The van der Waals surface area contributed by atoms with Crippen LogP contribution in [0.4, 0.5) is 15.9 Å². The molecule has 202 valence electrons.